The molecule has 184 valence electrons. The molecule has 1 saturated heterocycles. The molecule has 1 amide bonds. The van der Waals surface area contributed by atoms with E-state index in [1.54, 1.807) is 13.3 Å². The molecule has 2 N–H and O–H groups in total. The second-order valence-corrected chi connectivity index (χ2v) is 8.66. The smallest absolute Gasteiger partial charge is 0.220 e. The van der Waals surface area contributed by atoms with E-state index < -0.39 is 0 Å². The Labute approximate surface area is 206 Å². The van der Waals surface area contributed by atoms with Crippen LogP contribution in [-0.2, 0) is 16.0 Å². The van der Waals surface area contributed by atoms with Crippen molar-refractivity contribution < 1.29 is 14.3 Å². The Morgan fingerprint density at radius 2 is 1.83 bits per heavy atom. The van der Waals surface area contributed by atoms with Crippen molar-refractivity contribution in [1.82, 2.24) is 14.9 Å². The number of ether oxygens (including phenoxy) is 2. The summed E-state index contributed by atoms with van der Waals surface area (Å²) in [5.74, 6) is 1.45. The highest BCUT2D eigenvalue weighted by atomic mass is 16.5. The number of nitrogens with two attached hydrogens (primary N) is 1. The number of hydrogen-bond donors (Lipinski definition) is 1. The van der Waals surface area contributed by atoms with Crippen LogP contribution in [0.1, 0.15) is 12.0 Å². The van der Waals surface area contributed by atoms with Crippen LogP contribution in [-0.4, -0.2) is 73.3 Å². The Kier molecular flexibility index (Phi) is 8.64. The lowest BCUT2D eigenvalue weighted by Crippen LogP contribution is -2.48. The minimum absolute atomic E-state index is 0.205. The van der Waals surface area contributed by atoms with Gasteiger partial charge in [0, 0.05) is 62.4 Å². The zero-order chi connectivity index (χ0) is 24.5. The Balaban J connectivity index is 1.27. The van der Waals surface area contributed by atoms with E-state index in [1.165, 1.54) is 0 Å². The van der Waals surface area contributed by atoms with Gasteiger partial charge in [-0.1, -0.05) is 18.2 Å². The first-order valence-corrected chi connectivity index (χ1v) is 12.0. The number of hydrogen-bond acceptors (Lipinski definition) is 7. The predicted octanol–water partition coefficient (Wildman–Crippen LogP) is 2.78. The number of nitrogens with zero attached hydrogens (tertiary/aromatic N) is 4. The fraction of sp³-hybridized carbons (Fsp3) is 0.370. The van der Waals surface area contributed by atoms with E-state index in [0.717, 1.165) is 61.0 Å². The van der Waals surface area contributed by atoms with Gasteiger partial charge in [-0.25, -0.2) is 4.98 Å². The summed E-state index contributed by atoms with van der Waals surface area (Å²) in [7, 11) is 1.64. The van der Waals surface area contributed by atoms with Gasteiger partial charge in [0.25, 0.3) is 0 Å². The number of benzene rings is 1. The fourth-order valence-electron chi connectivity index (χ4n) is 4.37. The summed E-state index contributed by atoms with van der Waals surface area (Å²) in [5.41, 5.74) is 8.73. The van der Waals surface area contributed by atoms with Gasteiger partial charge in [0.05, 0.1) is 26.2 Å². The van der Waals surface area contributed by atoms with Gasteiger partial charge in [-0.05, 0) is 42.3 Å². The number of carbonyl (C=O) groups excluding carboxylic acids is 1. The van der Waals surface area contributed by atoms with Crippen molar-refractivity contribution >= 4 is 11.7 Å². The third kappa shape index (κ3) is 7.00. The first-order valence-electron chi connectivity index (χ1n) is 12.0. The Morgan fingerprint density at radius 1 is 1.06 bits per heavy atom. The van der Waals surface area contributed by atoms with Crippen LogP contribution in [0.3, 0.4) is 0 Å². The SMILES string of the molecule is COc1ccc(CC(CC(N)=O)OCCN2CCN(c3ncccc3-c3cccnc3)CC2)cc1. The van der Waals surface area contributed by atoms with Crippen LogP contribution in [0.2, 0.25) is 0 Å². The summed E-state index contributed by atoms with van der Waals surface area (Å²) in [6.07, 6.45) is 6.11. The number of methoxy groups -OCH3 is 1. The van der Waals surface area contributed by atoms with E-state index >= 15 is 0 Å². The van der Waals surface area contributed by atoms with Crippen molar-refractivity contribution in [2.45, 2.75) is 18.9 Å². The zero-order valence-corrected chi connectivity index (χ0v) is 20.2. The van der Waals surface area contributed by atoms with Crippen LogP contribution < -0.4 is 15.4 Å². The number of primary amides is 1. The zero-order valence-electron chi connectivity index (χ0n) is 20.2. The van der Waals surface area contributed by atoms with Crippen LogP contribution in [0.25, 0.3) is 11.1 Å². The standard InChI is InChI=1S/C27H33N5O3/c1-34-23-8-6-21(7-9-23)18-24(19-26(28)33)35-17-16-31-12-14-32(15-13-31)27-25(5-3-11-30-27)22-4-2-10-29-20-22/h2-11,20,24H,12-19H2,1H3,(H2,28,33). The molecular formula is C27H33N5O3. The molecule has 0 spiro atoms. The fourth-order valence-corrected chi connectivity index (χ4v) is 4.37. The molecule has 8 nitrogen and oxygen atoms in total. The van der Waals surface area contributed by atoms with Crippen molar-refractivity contribution in [3.8, 4) is 16.9 Å². The Hall–Kier alpha value is -3.49. The van der Waals surface area contributed by atoms with Crippen molar-refractivity contribution in [3.05, 3.63) is 72.7 Å². The number of carbonyl (C=O) groups is 1. The van der Waals surface area contributed by atoms with E-state index in [0.29, 0.717) is 13.0 Å². The van der Waals surface area contributed by atoms with Crippen molar-refractivity contribution in [2.24, 2.45) is 5.73 Å². The highest BCUT2D eigenvalue weighted by Gasteiger charge is 2.21. The average molecular weight is 476 g/mol. The average Bonchev–Trinajstić information content (AvgIpc) is 2.90. The Morgan fingerprint density at radius 3 is 2.51 bits per heavy atom. The molecule has 1 aromatic carbocycles. The number of amides is 1. The quantitative estimate of drug-likeness (QED) is 0.456. The lowest BCUT2D eigenvalue weighted by molar-refractivity contribution is -0.120. The normalized spacial score (nSPS) is 15.1. The third-order valence-electron chi connectivity index (χ3n) is 6.24. The molecule has 3 aromatic rings. The summed E-state index contributed by atoms with van der Waals surface area (Å²) in [4.78, 5) is 25.2. The molecule has 1 unspecified atom stereocenters. The van der Waals surface area contributed by atoms with Crippen LogP contribution in [0.4, 0.5) is 5.82 Å². The van der Waals surface area contributed by atoms with Gasteiger partial charge in [-0.15, -0.1) is 0 Å². The topological polar surface area (TPSA) is 93.8 Å². The first kappa shape index (κ1) is 24.6. The number of rotatable bonds is 11. The maximum atomic E-state index is 11.6. The number of anilines is 1. The molecule has 0 aliphatic carbocycles. The lowest BCUT2D eigenvalue weighted by atomic mass is 10.1. The molecule has 1 fully saturated rings. The van der Waals surface area contributed by atoms with Crippen LogP contribution in [0.15, 0.2) is 67.1 Å². The predicted molar refractivity (Wildman–Crippen MR) is 136 cm³/mol. The minimum atomic E-state index is -0.350. The van der Waals surface area contributed by atoms with Gasteiger partial charge >= 0.3 is 0 Å². The molecular weight excluding hydrogens is 442 g/mol. The molecule has 1 aliphatic rings. The maximum Gasteiger partial charge on any atom is 0.220 e. The van der Waals surface area contributed by atoms with E-state index in [4.69, 9.17) is 15.2 Å². The van der Waals surface area contributed by atoms with E-state index in [1.807, 2.05) is 48.8 Å². The molecule has 0 bridgehead atoms. The summed E-state index contributed by atoms with van der Waals surface area (Å²) in [6, 6.07) is 15.9. The summed E-state index contributed by atoms with van der Waals surface area (Å²) >= 11 is 0. The minimum Gasteiger partial charge on any atom is -0.497 e. The molecule has 3 heterocycles. The van der Waals surface area contributed by atoms with Gasteiger partial charge in [0.1, 0.15) is 11.6 Å². The molecule has 0 radical (unpaired) electrons. The highest BCUT2D eigenvalue weighted by Crippen LogP contribution is 2.28. The first-order chi connectivity index (χ1) is 17.1. The Bertz CT molecular complexity index is 1070. The molecule has 35 heavy (non-hydrogen) atoms. The van der Waals surface area contributed by atoms with Crippen LogP contribution in [0.5, 0.6) is 5.75 Å². The largest absolute Gasteiger partial charge is 0.497 e. The van der Waals surface area contributed by atoms with E-state index in [2.05, 4.69) is 31.9 Å². The molecule has 4 rings (SSSR count). The van der Waals surface area contributed by atoms with Gasteiger partial charge in [-0.2, -0.15) is 0 Å². The summed E-state index contributed by atoms with van der Waals surface area (Å²) in [5, 5.41) is 0. The maximum absolute atomic E-state index is 11.6. The van der Waals surface area contributed by atoms with Crippen molar-refractivity contribution in [1.29, 1.82) is 0 Å². The number of piperazine rings is 1. The molecule has 1 aliphatic heterocycles. The molecule has 1 atom stereocenters. The summed E-state index contributed by atoms with van der Waals surface area (Å²) in [6.45, 7) is 4.99. The molecule has 0 saturated carbocycles. The lowest BCUT2D eigenvalue weighted by Gasteiger charge is -2.36. The number of pyridine rings is 2. The summed E-state index contributed by atoms with van der Waals surface area (Å²) < 4.78 is 11.3. The molecule has 8 heteroatoms. The van der Waals surface area contributed by atoms with Crippen LogP contribution in [0, 0.1) is 0 Å². The van der Waals surface area contributed by atoms with Crippen molar-refractivity contribution in [3.63, 3.8) is 0 Å². The second kappa shape index (κ2) is 12.3. The highest BCUT2D eigenvalue weighted by molar-refractivity contribution is 5.75. The van der Waals surface area contributed by atoms with Crippen molar-refractivity contribution in [2.75, 3.05) is 51.3 Å². The third-order valence-corrected chi connectivity index (χ3v) is 6.24. The van der Waals surface area contributed by atoms with Gasteiger partial charge in [-0.3, -0.25) is 14.7 Å². The monoisotopic (exact) mass is 475 g/mol. The molecule has 2 aromatic heterocycles. The van der Waals surface area contributed by atoms with E-state index in [9.17, 15) is 4.79 Å². The van der Waals surface area contributed by atoms with E-state index in [-0.39, 0.29) is 18.4 Å². The van der Waals surface area contributed by atoms with Crippen LogP contribution >= 0.6 is 0 Å². The second-order valence-electron chi connectivity index (χ2n) is 8.66. The number of aromatic nitrogens is 2. The van der Waals surface area contributed by atoms with Gasteiger partial charge < -0.3 is 20.1 Å². The van der Waals surface area contributed by atoms with Gasteiger partial charge in [0.2, 0.25) is 5.91 Å². The van der Waals surface area contributed by atoms with Gasteiger partial charge in [0.15, 0.2) is 0 Å².